The quantitative estimate of drug-likeness (QED) is 0.535. The highest BCUT2D eigenvalue weighted by molar-refractivity contribution is 5.93. The van der Waals surface area contributed by atoms with Gasteiger partial charge in [-0.25, -0.2) is 4.68 Å². The van der Waals surface area contributed by atoms with Crippen LogP contribution in [-0.4, -0.2) is 39.0 Å². The molecule has 1 amide bonds. The van der Waals surface area contributed by atoms with Gasteiger partial charge in [0.2, 0.25) is 0 Å². The third-order valence-corrected chi connectivity index (χ3v) is 4.99. The molecule has 4 aromatic rings. The first kappa shape index (κ1) is 19.6. The van der Waals surface area contributed by atoms with Crippen LogP contribution in [0.15, 0.2) is 60.8 Å². The van der Waals surface area contributed by atoms with Gasteiger partial charge in [-0.15, -0.1) is 5.10 Å². The highest BCUT2D eigenvalue weighted by Crippen LogP contribution is 2.19. The van der Waals surface area contributed by atoms with Crippen LogP contribution in [0.3, 0.4) is 0 Å². The Hall–Kier alpha value is -3.74. The Morgan fingerprint density at radius 1 is 1.17 bits per heavy atom. The number of carbonyl (C=O) groups excluding carboxylic acids is 1. The van der Waals surface area contributed by atoms with Crippen LogP contribution < -0.4 is 10.1 Å². The Labute approximate surface area is 174 Å². The molecule has 4 rings (SSSR count). The van der Waals surface area contributed by atoms with Crippen molar-refractivity contribution in [2.75, 3.05) is 7.11 Å². The molecule has 0 aliphatic carbocycles. The Morgan fingerprint density at radius 2 is 2.03 bits per heavy atom. The predicted octanol–water partition coefficient (Wildman–Crippen LogP) is 3.49. The van der Waals surface area contributed by atoms with Crippen LogP contribution in [0.25, 0.3) is 16.6 Å². The number of fused-ring (bicyclic) bond motifs is 1. The fourth-order valence-corrected chi connectivity index (χ4v) is 3.48. The van der Waals surface area contributed by atoms with E-state index in [2.05, 4.69) is 20.6 Å². The van der Waals surface area contributed by atoms with Crippen LogP contribution in [0.1, 0.15) is 28.7 Å². The van der Waals surface area contributed by atoms with Gasteiger partial charge in [0.1, 0.15) is 5.75 Å². The van der Waals surface area contributed by atoms with E-state index in [-0.39, 0.29) is 11.9 Å². The van der Waals surface area contributed by atoms with Gasteiger partial charge in [-0.1, -0.05) is 23.4 Å². The first-order valence-electron chi connectivity index (χ1n) is 9.76. The van der Waals surface area contributed by atoms with Crippen LogP contribution >= 0.6 is 0 Å². The maximum absolute atomic E-state index is 12.8. The smallest absolute Gasteiger partial charge is 0.273 e. The number of aromatic nitrogens is 4. The first-order chi connectivity index (χ1) is 14.5. The maximum atomic E-state index is 12.8. The molecule has 1 N–H and O–H groups in total. The second-order valence-corrected chi connectivity index (χ2v) is 7.25. The number of carbonyl (C=O) groups is 1. The third kappa shape index (κ3) is 4.00. The van der Waals surface area contributed by atoms with Crippen molar-refractivity contribution < 1.29 is 9.53 Å². The van der Waals surface area contributed by atoms with Crippen molar-refractivity contribution in [3.8, 4) is 11.4 Å². The minimum Gasteiger partial charge on any atom is -0.497 e. The SMILES string of the molecule is COc1cccc(CC(C)NC(=O)c2nnn(-c3ccc4ncccc4c3)c2C)c1. The lowest BCUT2D eigenvalue weighted by molar-refractivity contribution is 0.0934. The molecule has 152 valence electrons. The van der Waals surface area contributed by atoms with Gasteiger partial charge < -0.3 is 10.1 Å². The number of hydrogen-bond acceptors (Lipinski definition) is 5. The normalized spacial score (nSPS) is 12.0. The molecule has 2 aromatic heterocycles. The molecule has 0 fully saturated rings. The maximum Gasteiger partial charge on any atom is 0.273 e. The van der Waals surface area contributed by atoms with Crippen LogP contribution in [0.4, 0.5) is 0 Å². The van der Waals surface area contributed by atoms with E-state index in [1.54, 1.807) is 18.0 Å². The number of pyridine rings is 1. The lowest BCUT2D eigenvalue weighted by atomic mass is 10.1. The summed E-state index contributed by atoms with van der Waals surface area (Å²) in [7, 11) is 1.64. The van der Waals surface area contributed by atoms with Gasteiger partial charge in [-0.2, -0.15) is 0 Å². The summed E-state index contributed by atoms with van der Waals surface area (Å²) >= 11 is 0. The van der Waals surface area contributed by atoms with Crippen molar-refractivity contribution in [2.45, 2.75) is 26.3 Å². The zero-order chi connectivity index (χ0) is 21.1. The molecule has 2 heterocycles. The minimum absolute atomic E-state index is 0.0686. The van der Waals surface area contributed by atoms with E-state index in [9.17, 15) is 4.79 Å². The molecule has 0 saturated carbocycles. The Kier molecular flexibility index (Phi) is 5.43. The number of nitrogens with zero attached hydrogens (tertiary/aromatic N) is 4. The van der Waals surface area contributed by atoms with Crippen molar-refractivity contribution in [3.63, 3.8) is 0 Å². The highest BCUT2D eigenvalue weighted by atomic mass is 16.5. The highest BCUT2D eigenvalue weighted by Gasteiger charge is 2.19. The van der Waals surface area contributed by atoms with Crippen LogP contribution in [0.5, 0.6) is 5.75 Å². The molecule has 0 aliphatic heterocycles. The molecule has 1 unspecified atom stereocenters. The van der Waals surface area contributed by atoms with E-state index >= 15 is 0 Å². The second kappa shape index (κ2) is 8.32. The molecule has 0 saturated heterocycles. The second-order valence-electron chi connectivity index (χ2n) is 7.25. The molecule has 0 aliphatic rings. The molecule has 30 heavy (non-hydrogen) atoms. The number of ether oxygens (including phenoxy) is 1. The predicted molar refractivity (Wildman–Crippen MR) is 115 cm³/mol. The van der Waals surface area contributed by atoms with Crippen molar-refractivity contribution in [2.24, 2.45) is 0 Å². The zero-order valence-corrected chi connectivity index (χ0v) is 17.2. The van der Waals surface area contributed by atoms with Gasteiger partial charge in [0.05, 0.1) is 24.0 Å². The van der Waals surface area contributed by atoms with Crippen LogP contribution in [0, 0.1) is 6.92 Å². The average molecular weight is 401 g/mol. The summed E-state index contributed by atoms with van der Waals surface area (Å²) in [5, 5.41) is 12.3. The summed E-state index contributed by atoms with van der Waals surface area (Å²) in [5.41, 5.74) is 3.84. The van der Waals surface area contributed by atoms with Crippen molar-refractivity contribution in [3.05, 3.63) is 77.7 Å². The minimum atomic E-state index is -0.239. The summed E-state index contributed by atoms with van der Waals surface area (Å²) in [5.74, 6) is 0.562. The summed E-state index contributed by atoms with van der Waals surface area (Å²) in [4.78, 5) is 17.1. The lowest BCUT2D eigenvalue weighted by Crippen LogP contribution is -2.34. The summed E-state index contributed by atoms with van der Waals surface area (Å²) in [6, 6.07) is 17.5. The van der Waals surface area contributed by atoms with Crippen molar-refractivity contribution in [1.82, 2.24) is 25.3 Å². The number of amides is 1. The zero-order valence-electron chi connectivity index (χ0n) is 17.2. The molecular formula is C23H23N5O2. The third-order valence-electron chi connectivity index (χ3n) is 4.99. The number of hydrogen-bond donors (Lipinski definition) is 1. The number of benzene rings is 2. The largest absolute Gasteiger partial charge is 0.497 e. The van der Waals surface area contributed by atoms with Gasteiger partial charge in [-0.3, -0.25) is 9.78 Å². The summed E-state index contributed by atoms with van der Waals surface area (Å²) in [6.07, 6.45) is 2.45. The number of rotatable bonds is 6. The van der Waals surface area contributed by atoms with Gasteiger partial charge in [-0.05, 0) is 62.2 Å². The van der Waals surface area contributed by atoms with Gasteiger partial charge in [0.25, 0.3) is 5.91 Å². The first-order valence-corrected chi connectivity index (χ1v) is 9.76. The van der Waals surface area contributed by atoms with E-state index in [1.807, 2.05) is 68.4 Å². The van der Waals surface area contributed by atoms with E-state index < -0.39 is 0 Å². The van der Waals surface area contributed by atoms with E-state index in [4.69, 9.17) is 4.74 Å². The molecule has 0 spiro atoms. The number of nitrogens with one attached hydrogen (secondary N) is 1. The Bertz CT molecular complexity index is 1200. The van der Waals surface area contributed by atoms with Gasteiger partial charge in [0, 0.05) is 17.6 Å². The van der Waals surface area contributed by atoms with E-state index in [0.717, 1.165) is 27.9 Å². The average Bonchev–Trinajstić information content (AvgIpc) is 3.14. The van der Waals surface area contributed by atoms with Gasteiger partial charge >= 0.3 is 0 Å². The fourth-order valence-electron chi connectivity index (χ4n) is 3.48. The fraction of sp³-hybridized carbons (Fsp3) is 0.217. The van der Waals surface area contributed by atoms with E-state index in [0.29, 0.717) is 17.8 Å². The summed E-state index contributed by atoms with van der Waals surface area (Å²) < 4.78 is 6.94. The molecule has 2 aromatic carbocycles. The molecule has 7 nitrogen and oxygen atoms in total. The summed E-state index contributed by atoms with van der Waals surface area (Å²) in [6.45, 7) is 3.81. The molecule has 1 atom stereocenters. The number of methoxy groups -OCH3 is 1. The van der Waals surface area contributed by atoms with Crippen LogP contribution in [0.2, 0.25) is 0 Å². The molecule has 7 heteroatoms. The van der Waals surface area contributed by atoms with Gasteiger partial charge in [0.15, 0.2) is 5.69 Å². The molecular weight excluding hydrogens is 378 g/mol. The van der Waals surface area contributed by atoms with Crippen molar-refractivity contribution >= 4 is 16.8 Å². The van der Waals surface area contributed by atoms with Crippen molar-refractivity contribution in [1.29, 1.82) is 0 Å². The van der Waals surface area contributed by atoms with E-state index in [1.165, 1.54) is 0 Å². The standard InChI is InChI=1S/C23H23N5O2/c1-15(12-17-6-4-8-20(13-17)30-3)25-23(29)22-16(2)28(27-26-22)19-9-10-21-18(14-19)7-5-11-24-21/h4-11,13-15H,12H2,1-3H3,(H,25,29). The molecule has 0 bridgehead atoms. The van der Waals surface area contributed by atoms with Crippen LogP contribution in [-0.2, 0) is 6.42 Å². The monoisotopic (exact) mass is 401 g/mol. The lowest BCUT2D eigenvalue weighted by Gasteiger charge is -2.14. The Morgan fingerprint density at radius 3 is 2.87 bits per heavy atom. The Balaban J connectivity index is 1.50. The topological polar surface area (TPSA) is 81.9 Å². The molecule has 0 radical (unpaired) electrons.